The van der Waals surface area contributed by atoms with Crippen molar-refractivity contribution < 1.29 is 9.18 Å². The van der Waals surface area contributed by atoms with E-state index in [4.69, 9.17) is 0 Å². The highest BCUT2D eigenvalue weighted by Crippen LogP contribution is 2.23. The molecule has 0 unspecified atom stereocenters. The lowest BCUT2D eigenvalue weighted by Gasteiger charge is -2.08. The molecule has 128 valence electrons. The highest BCUT2D eigenvalue weighted by molar-refractivity contribution is 7.99. The quantitative estimate of drug-likeness (QED) is 0.682. The zero-order valence-corrected chi connectivity index (χ0v) is 14.5. The summed E-state index contributed by atoms with van der Waals surface area (Å²) >= 11 is 1.32. The molecule has 1 amide bonds. The van der Waals surface area contributed by atoms with E-state index >= 15 is 0 Å². The molecule has 0 saturated carbocycles. The molecular formula is C18H17FN4OS. The van der Waals surface area contributed by atoms with Gasteiger partial charge in [0.1, 0.15) is 5.82 Å². The van der Waals surface area contributed by atoms with Crippen molar-refractivity contribution in [2.24, 2.45) is 0 Å². The number of benzene rings is 2. The Bertz CT molecular complexity index is 849. The van der Waals surface area contributed by atoms with E-state index in [2.05, 4.69) is 15.5 Å². The number of nitrogens with zero attached hydrogens (tertiary/aromatic N) is 3. The summed E-state index contributed by atoms with van der Waals surface area (Å²) in [4.78, 5) is 12.1. The summed E-state index contributed by atoms with van der Waals surface area (Å²) in [6, 6.07) is 15.5. The van der Waals surface area contributed by atoms with E-state index in [1.807, 2.05) is 41.8 Å². The first-order valence-corrected chi connectivity index (χ1v) is 8.82. The molecule has 1 N–H and O–H groups in total. The molecule has 25 heavy (non-hydrogen) atoms. The molecule has 0 spiro atoms. The highest BCUT2D eigenvalue weighted by atomic mass is 32.2. The maximum absolute atomic E-state index is 12.9. The maximum atomic E-state index is 12.9. The molecule has 0 aliphatic heterocycles. The van der Waals surface area contributed by atoms with Crippen LogP contribution >= 0.6 is 11.8 Å². The molecule has 0 aliphatic rings. The van der Waals surface area contributed by atoms with Gasteiger partial charge >= 0.3 is 0 Å². The largest absolute Gasteiger partial charge is 0.325 e. The Balaban J connectivity index is 1.66. The molecule has 1 heterocycles. The van der Waals surface area contributed by atoms with Gasteiger partial charge in [-0.15, -0.1) is 10.2 Å². The van der Waals surface area contributed by atoms with E-state index in [-0.39, 0.29) is 17.5 Å². The molecule has 7 heteroatoms. The fraction of sp³-hybridized carbons (Fsp3) is 0.167. The van der Waals surface area contributed by atoms with Gasteiger partial charge in [0, 0.05) is 17.8 Å². The molecular weight excluding hydrogens is 339 g/mol. The van der Waals surface area contributed by atoms with Crippen LogP contribution in [0, 0.1) is 5.82 Å². The normalized spacial score (nSPS) is 10.6. The minimum absolute atomic E-state index is 0.177. The van der Waals surface area contributed by atoms with Crippen LogP contribution in [0.25, 0.3) is 11.4 Å². The number of nitrogens with one attached hydrogen (secondary N) is 1. The average molecular weight is 356 g/mol. The Labute approximate surface area is 149 Å². The lowest BCUT2D eigenvalue weighted by atomic mass is 10.2. The SMILES string of the molecule is CCn1c(SCC(=O)Nc2ccc(F)cc2)nnc1-c1ccccc1. The Kier molecular flexibility index (Phi) is 5.45. The van der Waals surface area contributed by atoms with Crippen LogP contribution in [0.2, 0.25) is 0 Å². The smallest absolute Gasteiger partial charge is 0.234 e. The third-order valence-corrected chi connectivity index (χ3v) is 4.49. The third-order valence-electron chi connectivity index (χ3n) is 3.53. The molecule has 0 aliphatic carbocycles. The van der Waals surface area contributed by atoms with E-state index in [0.29, 0.717) is 17.4 Å². The van der Waals surface area contributed by atoms with Crippen LogP contribution in [-0.4, -0.2) is 26.4 Å². The number of rotatable bonds is 6. The number of hydrogen-bond acceptors (Lipinski definition) is 4. The number of thioether (sulfide) groups is 1. The summed E-state index contributed by atoms with van der Waals surface area (Å²) in [7, 11) is 0. The standard InChI is InChI=1S/C18H17FN4OS/c1-2-23-17(13-6-4-3-5-7-13)21-22-18(23)25-12-16(24)20-15-10-8-14(19)9-11-15/h3-11H,2,12H2,1H3,(H,20,24). The number of carbonyl (C=O) groups is 1. The summed E-state index contributed by atoms with van der Waals surface area (Å²) < 4.78 is 14.9. The second-order valence-corrected chi connectivity index (χ2v) is 6.20. The summed E-state index contributed by atoms with van der Waals surface area (Å²) in [6.07, 6.45) is 0. The molecule has 0 saturated heterocycles. The van der Waals surface area contributed by atoms with Crippen LogP contribution in [0.1, 0.15) is 6.92 Å². The molecule has 0 radical (unpaired) electrons. The minimum atomic E-state index is -0.336. The van der Waals surface area contributed by atoms with Gasteiger partial charge in [0.2, 0.25) is 5.91 Å². The van der Waals surface area contributed by atoms with Crippen molar-refractivity contribution in [3.63, 3.8) is 0 Å². The van der Waals surface area contributed by atoms with Gasteiger partial charge in [-0.3, -0.25) is 4.79 Å². The molecule has 0 bridgehead atoms. The van der Waals surface area contributed by atoms with Gasteiger partial charge in [-0.2, -0.15) is 0 Å². The van der Waals surface area contributed by atoms with Gasteiger partial charge in [0.15, 0.2) is 11.0 Å². The van der Waals surface area contributed by atoms with Gasteiger partial charge in [0.05, 0.1) is 5.75 Å². The first kappa shape index (κ1) is 17.2. The van der Waals surface area contributed by atoms with E-state index in [9.17, 15) is 9.18 Å². The van der Waals surface area contributed by atoms with Crippen molar-refractivity contribution in [1.82, 2.24) is 14.8 Å². The number of amides is 1. The van der Waals surface area contributed by atoms with E-state index in [1.54, 1.807) is 0 Å². The molecule has 1 aromatic heterocycles. The number of halogens is 1. The zero-order chi connectivity index (χ0) is 17.6. The topological polar surface area (TPSA) is 59.8 Å². The average Bonchev–Trinajstić information content (AvgIpc) is 3.05. The molecule has 3 aromatic rings. The van der Waals surface area contributed by atoms with Gasteiger partial charge in [-0.1, -0.05) is 42.1 Å². The number of aromatic nitrogens is 3. The fourth-order valence-corrected chi connectivity index (χ4v) is 3.14. The van der Waals surface area contributed by atoms with E-state index in [0.717, 1.165) is 11.4 Å². The van der Waals surface area contributed by atoms with Crippen LogP contribution < -0.4 is 5.32 Å². The molecule has 0 fully saturated rings. The second kappa shape index (κ2) is 7.94. The van der Waals surface area contributed by atoms with Gasteiger partial charge in [-0.05, 0) is 31.2 Å². The number of hydrogen-bond donors (Lipinski definition) is 1. The monoisotopic (exact) mass is 356 g/mol. The Hall–Kier alpha value is -2.67. The predicted molar refractivity (Wildman–Crippen MR) is 96.9 cm³/mol. The van der Waals surface area contributed by atoms with Crippen molar-refractivity contribution in [2.45, 2.75) is 18.6 Å². The molecule has 5 nitrogen and oxygen atoms in total. The minimum Gasteiger partial charge on any atom is -0.325 e. The predicted octanol–water partition coefficient (Wildman–Crippen LogP) is 3.83. The van der Waals surface area contributed by atoms with Crippen LogP contribution in [0.3, 0.4) is 0 Å². The summed E-state index contributed by atoms with van der Waals surface area (Å²) in [6.45, 7) is 2.72. The van der Waals surface area contributed by atoms with E-state index in [1.165, 1.54) is 36.0 Å². The van der Waals surface area contributed by atoms with Gasteiger partial charge < -0.3 is 9.88 Å². The molecule has 2 aromatic carbocycles. The van der Waals surface area contributed by atoms with Crippen LogP contribution in [0.4, 0.5) is 10.1 Å². The summed E-state index contributed by atoms with van der Waals surface area (Å²) in [5.74, 6) is 0.467. The summed E-state index contributed by atoms with van der Waals surface area (Å²) in [5, 5.41) is 11.9. The van der Waals surface area contributed by atoms with Gasteiger partial charge in [-0.25, -0.2) is 4.39 Å². The van der Waals surface area contributed by atoms with Crippen molar-refractivity contribution in [2.75, 3.05) is 11.1 Å². The second-order valence-electron chi connectivity index (χ2n) is 5.26. The Morgan fingerprint density at radius 2 is 1.84 bits per heavy atom. The maximum Gasteiger partial charge on any atom is 0.234 e. The van der Waals surface area contributed by atoms with Crippen molar-refractivity contribution in [1.29, 1.82) is 0 Å². The van der Waals surface area contributed by atoms with E-state index < -0.39 is 0 Å². The lowest BCUT2D eigenvalue weighted by molar-refractivity contribution is -0.113. The first-order valence-electron chi connectivity index (χ1n) is 7.84. The third kappa shape index (κ3) is 4.24. The highest BCUT2D eigenvalue weighted by Gasteiger charge is 2.14. The van der Waals surface area contributed by atoms with Crippen LogP contribution in [0.15, 0.2) is 59.8 Å². The lowest BCUT2D eigenvalue weighted by Crippen LogP contribution is -2.14. The van der Waals surface area contributed by atoms with Crippen LogP contribution in [-0.2, 0) is 11.3 Å². The van der Waals surface area contributed by atoms with Gasteiger partial charge in [0.25, 0.3) is 0 Å². The molecule has 0 atom stereocenters. The number of anilines is 1. The summed E-state index contributed by atoms with van der Waals surface area (Å²) in [5.41, 5.74) is 1.55. The molecule has 3 rings (SSSR count). The van der Waals surface area contributed by atoms with Crippen molar-refractivity contribution in [3.05, 3.63) is 60.4 Å². The zero-order valence-electron chi connectivity index (χ0n) is 13.6. The van der Waals surface area contributed by atoms with Crippen molar-refractivity contribution >= 4 is 23.4 Å². The Morgan fingerprint density at radius 3 is 2.52 bits per heavy atom. The first-order chi connectivity index (χ1) is 12.2. The van der Waals surface area contributed by atoms with Crippen LogP contribution in [0.5, 0.6) is 0 Å². The fourth-order valence-electron chi connectivity index (χ4n) is 2.34. The number of carbonyl (C=O) groups excluding carboxylic acids is 1. The Morgan fingerprint density at radius 1 is 1.12 bits per heavy atom. The van der Waals surface area contributed by atoms with Crippen molar-refractivity contribution in [3.8, 4) is 11.4 Å².